The summed E-state index contributed by atoms with van der Waals surface area (Å²) in [6.07, 6.45) is 3.48. The van der Waals surface area contributed by atoms with Crippen LogP contribution in [0.1, 0.15) is 35.5 Å². The van der Waals surface area contributed by atoms with E-state index < -0.39 is 5.97 Å². The quantitative estimate of drug-likeness (QED) is 0.715. The number of hydrogen-bond donors (Lipinski definition) is 1. The van der Waals surface area contributed by atoms with Crippen molar-refractivity contribution < 1.29 is 14.3 Å². The summed E-state index contributed by atoms with van der Waals surface area (Å²) >= 11 is 1.55. The zero-order valence-corrected chi connectivity index (χ0v) is 15.9. The molecule has 3 rings (SSSR count). The lowest BCUT2D eigenvalue weighted by atomic mass is 10.2. The summed E-state index contributed by atoms with van der Waals surface area (Å²) in [5.74, 6) is -0.449. The standard InChI is InChI=1S/C18H20N4O4S/c1-22(9-3-8-19)14(23)10-26-15(24)7-6-13-20-17(25)16-11-4-2-5-12(11)27-18(16)21-13/h2-7,9-10H2,1H3,(H,20,21,25). The van der Waals surface area contributed by atoms with Crippen molar-refractivity contribution in [2.24, 2.45) is 0 Å². The number of hydrogen-bond acceptors (Lipinski definition) is 7. The van der Waals surface area contributed by atoms with Gasteiger partial charge in [-0.15, -0.1) is 11.3 Å². The van der Waals surface area contributed by atoms with Gasteiger partial charge in [0.25, 0.3) is 11.5 Å². The van der Waals surface area contributed by atoms with E-state index in [4.69, 9.17) is 10.00 Å². The number of carbonyl (C=O) groups is 2. The highest BCUT2D eigenvalue weighted by Crippen LogP contribution is 2.34. The lowest BCUT2D eigenvalue weighted by Crippen LogP contribution is -2.32. The molecule has 2 aromatic heterocycles. The first-order valence-electron chi connectivity index (χ1n) is 8.79. The van der Waals surface area contributed by atoms with E-state index in [1.165, 1.54) is 9.78 Å². The second kappa shape index (κ2) is 8.31. The summed E-state index contributed by atoms with van der Waals surface area (Å²) in [4.78, 5) is 46.5. The van der Waals surface area contributed by atoms with Crippen LogP contribution in [0.4, 0.5) is 0 Å². The Labute approximate surface area is 159 Å². The minimum absolute atomic E-state index is 0.0225. The molecule has 27 heavy (non-hydrogen) atoms. The SMILES string of the molecule is CN(CCC#N)C(=O)COC(=O)CCc1nc2sc3c(c2c(=O)[nH]1)CCC3. The fraction of sp³-hybridized carbons (Fsp3) is 0.500. The number of nitriles is 1. The van der Waals surface area contributed by atoms with E-state index in [9.17, 15) is 14.4 Å². The second-order valence-corrected chi connectivity index (χ2v) is 7.52. The number of rotatable bonds is 7. The average Bonchev–Trinajstić information content (AvgIpc) is 3.22. The van der Waals surface area contributed by atoms with Gasteiger partial charge in [0, 0.05) is 24.9 Å². The summed E-state index contributed by atoms with van der Waals surface area (Å²) in [6, 6.07) is 1.95. The van der Waals surface area contributed by atoms with Crippen molar-refractivity contribution in [2.45, 2.75) is 38.5 Å². The van der Waals surface area contributed by atoms with Crippen molar-refractivity contribution in [3.05, 3.63) is 26.6 Å². The predicted octanol–water partition coefficient (Wildman–Crippen LogP) is 1.32. The van der Waals surface area contributed by atoms with Gasteiger partial charge in [-0.2, -0.15) is 5.26 Å². The van der Waals surface area contributed by atoms with E-state index in [2.05, 4.69) is 9.97 Å². The number of amides is 1. The Balaban J connectivity index is 1.54. The molecule has 0 fully saturated rings. The molecule has 0 bridgehead atoms. The van der Waals surface area contributed by atoms with Gasteiger partial charge in [0.05, 0.1) is 24.3 Å². The number of esters is 1. The van der Waals surface area contributed by atoms with Gasteiger partial charge in [-0.05, 0) is 24.8 Å². The summed E-state index contributed by atoms with van der Waals surface area (Å²) < 4.78 is 4.96. The second-order valence-electron chi connectivity index (χ2n) is 6.43. The van der Waals surface area contributed by atoms with Crippen LogP contribution in [-0.4, -0.2) is 46.9 Å². The van der Waals surface area contributed by atoms with Gasteiger partial charge in [0.15, 0.2) is 6.61 Å². The van der Waals surface area contributed by atoms with Gasteiger partial charge >= 0.3 is 5.97 Å². The number of carbonyl (C=O) groups excluding carboxylic acids is 2. The van der Waals surface area contributed by atoms with E-state index >= 15 is 0 Å². The highest BCUT2D eigenvalue weighted by atomic mass is 32.1. The molecule has 1 aliphatic rings. The highest BCUT2D eigenvalue weighted by molar-refractivity contribution is 7.18. The van der Waals surface area contributed by atoms with E-state index in [0.29, 0.717) is 17.8 Å². The highest BCUT2D eigenvalue weighted by Gasteiger charge is 2.21. The van der Waals surface area contributed by atoms with Crippen LogP contribution in [0.15, 0.2) is 4.79 Å². The molecule has 0 atom stereocenters. The van der Waals surface area contributed by atoms with Crippen molar-refractivity contribution in [3.63, 3.8) is 0 Å². The van der Waals surface area contributed by atoms with Crippen LogP contribution < -0.4 is 5.56 Å². The van der Waals surface area contributed by atoms with Crippen molar-refractivity contribution in [2.75, 3.05) is 20.2 Å². The molecular weight excluding hydrogens is 368 g/mol. The van der Waals surface area contributed by atoms with Gasteiger partial charge in [-0.1, -0.05) is 0 Å². The fourth-order valence-corrected chi connectivity index (χ4v) is 4.33. The van der Waals surface area contributed by atoms with Crippen molar-refractivity contribution in [1.29, 1.82) is 5.26 Å². The fourth-order valence-electron chi connectivity index (χ4n) is 3.05. The Morgan fingerprint density at radius 1 is 1.41 bits per heavy atom. The number of H-pyrrole nitrogens is 1. The molecular formula is C18H20N4O4S. The normalized spacial score (nSPS) is 12.6. The molecule has 0 spiro atoms. The first-order valence-corrected chi connectivity index (χ1v) is 9.61. The minimum atomic E-state index is -0.534. The van der Waals surface area contributed by atoms with Crippen LogP contribution in [0.3, 0.4) is 0 Å². The lowest BCUT2D eigenvalue weighted by Gasteiger charge is -2.15. The van der Waals surface area contributed by atoms with Gasteiger partial charge in [-0.25, -0.2) is 4.98 Å². The van der Waals surface area contributed by atoms with Gasteiger partial charge < -0.3 is 14.6 Å². The summed E-state index contributed by atoms with van der Waals surface area (Å²) in [7, 11) is 1.55. The monoisotopic (exact) mass is 388 g/mol. The van der Waals surface area contributed by atoms with Gasteiger partial charge in [-0.3, -0.25) is 14.4 Å². The minimum Gasteiger partial charge on any atom is -0.456 e. The maximum Gasteiger partial charge on any atom is 0.306 e. The third-order valence-electron chi connectivity index (χ3n) is 4.53. The van der Waals surface area contributed by atoms with Crippen LogP contribution in [0.25, 0.3) is 10.2 Å². The molecule has 0 saturated heterocycles. The van der Waals surface area contributed by atoms with Crippen LogP contribution in [-0.2, 0) is 33.6 Å². The van der Waals surface area contributed by atoms with Gasteiger partial charge in [0.1, 0.15) is 10.7 Å². The zero-order valence-electron chi connectivity index (χ0n) is 15.0. The number of fused-ring (bicyclic) bond motifs is 3. The first-order chi connectivity index (χ1) is 13.0. The Bertz CT molecular complexity index is 972. The smallest absolute Gasteiger partial charge is 0.306 e. The number of thiophene rings is 1. The third-order valence-corrected chi connectivity index (χ3v) is 5.72. The maximum absolute atomic E-state index is 12.4. The summed E-state index contributed by atoms with van der Waals surface area (Å²) in [5, 5.41) is 9.19. The van der Waals surface area contributed by atoms with Gasteiger partial charge in [0.2, 0.25) is 0 Å². The number of nitrogens with one attached hydrogen (secondary N) is 1. The van der Waals surface area contributed by atoms with E-state index in [1.807, 2.05) is 6.07 Å². The molecule has 1 N–H and O–H groups in total. The average molecular weight is 388 g/mol. The number of aromatic amines is 1. The molecule has 8 nitrogen and oxygen atoms in total. The summed E-state index contributed by atoms with van der Waals surface area (Å²) in [5.41, 5.74) is 0.964. The Hall–Kier alpha value is -2.73. The van der Waals surface area contributed by atoms with Crippen LogP contribution in [0.5, 0.6) is 0 Å². The molecule has 2 aromatic rings. The van der Waals surface area contributed by atoms with Crippen LogP contribution >= 0.6 is 11.3 Å². The van der Waals surface area contributed by atoms with Crippen LogP contribution in [0.2, 0.25) is 0 Å². The Morgan fingerprint density at radius 2 is 2.22 bits per heavy atom. The molecule has 0 radical (unpaired) electrons. The molecule has 142 valence electrons. The third kappa shape index (κ3) is 4.34. The first kappa shape index (κ1) is 19.0. The number of likely N-dealkylation sites (N-methyl/N-ethyl adjacent to an activating group) is 1. The molecule has 0 unspecified atom stereocenters. The Morgan fingerprint density at radius 3 is 3.00 bits per heavy atom. The maximum atomic E-state index is 12.4. The number of aromatic nitrogens is 2. The van der Waals surface area contributed by atoms with E-state index in [0.717, 1.165) is 29.7 Å². The number of aryl methyl sites for hydroxylation is 3. The van der Waals surface area contributed by atoms with Crippen LogP contribution in [0, 0.1) is 11.3 Å². The number of ether oxygens (including phenoxy) is 1. The van der Waals surface area contributed by atoms with Crippen molar-refractivity contribution in [1.82, 2.24) is 14.9 Å². The molecule has 0 aliphatic heterocycles. The Kier molecular flexibility index (Phi) is 5.86. The molecule has 0 aromatic carbocycles. The largest absolute Gasteiger partial charge is 0.456 e. The number of nitrogens with zero attached hydrogens (tertiary/aromatic N) is 3. The topological polar surface area (TPSA) is 116 Å². The molecule has 1 amide bonds. The molecule has 9 heteroatoms. The van der Waals surface area contributed by atoms with E-state index in [1.54, 1.807) is 18.4 Å². The lowest BCUT2D eigenvalue weighted by molar-refractivity contribution is -0.151. The zero-order chi connectivity index (χ0) is 19.4. The predicted molar refractivity (Wildman–Crippen MR) is 99.4 cm³/mol. The van der Waals surface area contributed by atoms with Crippen molar-refractivity contribution in [3.8, 4) is 6.07 Å². The molecule has 2 heterocycles. The van der Waals surface area contributed by atoms with Crippen molar-refractivity contribution >= 4 is 33.4 Å². The molecule has 1 aliphatic carbocycles. The van der Waals surface area contributed by atoms with E-state index in [-0.39, 0.29) is 37.3 Å². The summed E-state index contributed by atoms with van der Waals surface area (Å²) in [6.45, 7) is -0.0652. The molecule has 0 saturated carbocycles.